The highest BCUT2D eigenvalue weighted by Gasteiger charge is 2.38. The molecule has 0 fully saturated rings. The number of carbonyl (C=O) groups excluding carboxylic acids is 1. The topological polar surface area (TPSA) is 44.9 Å². The van der Waals surface area contributed by atoms with E-state index in [4.69, 9.17) is 11.6 Å². The molecular formula is C17H12ClF3N2O. The number of alkyl halides is 3. The molecule has 3 rings (SSSR count). The van der Waals surface area contributed by atoms with Crippen LogP contribution >= 0.6 is 11.6 Å². The Morgan fingerprint density at radius 3 is 2.62 bits per heavy atom. The molecule has 0 unspecified atom stereocenters. The second kappa shape index (κ2) is 6.20. The van der Waals surface area contributed by atoms with Crippen LogP contribution in [0.2, 0.25) is 5.02 Å². The molecule has 0 saturated heterocycles. The minimum atomic E-state index is -4.91. The monoisotopic (exact) mass is 352 g/mol. The largest absolute Gasteiger partial charge is 0.471 e. The van der Waals surface area contributed by atoms with E-state index in [1.807, 2.05) is 29.6 Å². The first kappa shape index (κ1) is 16.4. The molecule has 0 saturated carbocycles. The molecule has 0 spiro atoms. The first-order chi connectivity index (χ1) is 11.4. The van der Waals surface area contributed by atoms with E-state index in [1.54, 1.807) is 24.4 Å². The molecule has 0 bridgehead atoms. The Morgan fingerprint density at radius 2 is 1.88 bits per heavy atom. The van der Waals surface area contributed by atoms with Crippen LogP contribution in [0.4, 0.5) is 13.2 Å². The number of H-pyrrole nitrogens is 1. The predicted octanol–water partition coefficient (Wildman–Crippen LogP) is 4.67. The molecule has 3 aromatic rings. The molecule has 1 aromatic heterocycles. The fourth-order valence-electron chi connectivity index (χ4n) is 2.52. The van der Waals surface area contributed by atoms with E-state index in [0.717, 1.165) is 16.5 Å². The Balaban J connectivity index is 1.99. The molecule has 1 amide bonds. The number of para-hydroxylation sites is 1. The van der Waals surface area contributed by atoms with Crippen LogP contribution in [0.5, 0.6) is 0 Å². The number of aromatic nitrogens is 1. The maximum Gasteiger partial charge on any atom is 0.471 e. The van der Waals surface area contributed by atoms with E-state index in [0.29, 0.717) is 16.1 Å². The number of amides is 1. The Kier molecular flexibility index (Phi) is 4.24. The lowest BCUT2D eigenvalue weighted by Gasteiger charge is -2.12. The summed E-state index contributed by atoms with van der Waals surface area (Å²) >= 11 is 6.04. The summed E-state index contributed by atoms with van der Waals surface area (Å²) in [5.41, 5.74) is 2.92. The lowest BCUT2D eigenvalue weighted by Crippen LogP contribution is -2.36. The summed E-state index contributed by atoms with van der Waals surface area (Å²) in [6.45, 7) is -0.246. The van der Waals surface area contributed by atoms with Gasteiger partial charge in [-0.2, -0.15) is 13.2 Å². The normalized spacial score (nSPS) is 11.7. The van der Waals surface area contributed by atoms with Crippen LogP contribution in [0, 0.1) is 0 Å². The van der Waals surface area contributed by atoms with Gasteiger partial charge in [0.1, 0.15) is 0 Å². The summed E-state index contributed by atoms with van der Waals surface area (Å²) in [4.78, 5) is 14.2. The molecule has 0 aliphatic heterocycles. The Labute approximate surface area is 140 Å². The average molecular weight is 353 g/mol. The number of carbonyl (C=O) groups is 1. The number of fused-ring (bicyclic) bond motifs is 1. The third-order valence-electron chi connectivity index (χ3n) is 3.65. The van der Waals surface area contributed by atoms with Gasteiger partial charge in [0.05, 0.1) is 0 Å². The first-order valence-corrected chi connectivity index (χ1v) is 7.44. The van der Waals surface area contributed by atoms with Crippen molar-refractivity contribution in [1.82, 2.24) is 10.3 Å². The van der Waals surface area contributed by atoms with Crippen molar-refractivity contribution in [1.29, 1.82) is 0 Å². The predicted molar refractivity (Wildman–Crippen MR) is 86.6 cm³/mol. The van der Waals surface area contributed by atoms with Crippen LogP contribution in [0.15, 0.2) is 48.7 Å². The highest BCUT2D eigenvalue weighted by molar-refractivity contribution is 6.31. The standard InChI is InChI=1S/C17H12ClF3N2O/c18-11-6-5-10(8-23-16(24)17(19,20)21)13(7-11)14-9-22-15-4-2-1-3-12(14)15/h1-7,9,22H,8H2,(H,23,24). The Bertz CT molecular complexity index is 902. The molecular weight excluding hydrogens is 341 g/mol. The number of benzene rings is 2. The number of aromatic amines is 1. The molecule has 1 heterocycles. The lowest BCUT2D eigenvalue weighted by atomic mass is 9.99. The summed E-state index contributed by atoms with van der Waals surface area (Å²) in [7, 11) is 0. The minimum absolute atomic E-state index is 0.246. The van der Waals surface area contributed by atoms with Crippen LogP contribution in [0.1, 0.15) is 5.56 Å². The second-order valence-corrected chi connectivity index (χ2v) is 5.67. The fraction of sp³-hybridized carbons (Fsp3) is 0.118. The third kappa shape index (κ3) is 3.23. The zero-order valence-electron chi connectivity index (χ0n) is 12.2. The highest BCUT2D eigenvalue weighted by Crippen LogP contribution is 2.33. The number of halogens is 4. The molecule has 124 valence electrons. The Hall–Kier alpha value is -2.47. The van der Waals surface area contributed by atoms with Crippen LogP contribution in [-0.4, -0.2) is 17.1 Å². The zero-order valence-corrected chi connectivity index (χ0v) is 13.0. The quantitative estimate of drug-likeness (QED) is 0.707. The van der Waals surface area contributed by atoms with E-state index < -0.39 is 12.1 Å². The van der Waals surface area contributed by atoms with Gasteiger partial charge in [-0.1, -0.05) is 35.9 Å². The molecule has 0 aliphatic carbocycles. The maximum absolute atomic E-state index is 12.4. The van der Waals surface area contributed by atoms with Gasteiger partial charge in [0, 0.05) is 34.2 Å². The van der Waals surface area contributed by atoms with Crippen molar-refractivity contribution in [2.45, 2.75) is 12.7 Å². The van der Waals surface area contributed by atoms with Crippen molar-refractivity contribution >= 4 is 28.4 Å². The van der Waals surface area contributed by atoms with Crippen LogP contribution in [0.3, 0.4) is 0 Å². The SMILES string of the molecule is O=C(NCc1ccc(Cl)cc1-c1c[nH]c2ccccc12)C(F)(F)F. The number of hydrogen-bond donors (Lipinski definition) is 2. The van der Waals surface area contributed by atoms with E-state index >= 15 is 0 Å². The summed E-state index contributed by atoms with van der Waals surface area (Å²) < 4.78 is 37.1. The van der Waals surface area contributed by atoms with Gasteiger partial charge in [-0.15, -0.1) is 0 Å². The molecule has 0 aliphatic rings. The summed E-state index contributed by atoms with van der Waals surface area (Å²) in [5, 5.41) is 3.27. The van der Waals surface area contributed by atoms with Gasteiger partial charge in [0.15, 0.2) is 0 Å². The van der Waals surface area contributed by atoms with Gasteiger partial charge in [-0.05, 0) is 29.3 Å². The fourth-order valence-corrected chi connectivity index (χ4v) is 2.70. The van der Waals surface area contributed by atoms with Crippen molar-refractivity contribution in [2.75, 3.05) is 0 Å². The Morgan fingerprint density at radius 1 is 1.12 bits per heavy atom. The lowest BCUT2D eigenvalue weighted by molar-refractivity contribution is -0.173. The van der Waals surface area contributed by atoms with Crippen molar-refractivity contribution in [3.63, 3.8) is 0 Å². The summed E-state index contributed by atoms with van der Waals surface area (Å²) in [6.07, 6.45) is -3.14. The van der Waals surface area contributed by atoms with Gasteiger partial charge in [0.2, 0.25) is 0 Å². The molecule has 0 atom stereocenters. The van der Waals surface area contributed by atoms with Crippen molar-refractivity contribution < 1.29 is 18.0 Å². The number of rotatable bonds is 3. The van der Waals surface area contributed by atoms with Gasteiger partial charge < -0.3 is 10.3 Å². The molecule has 7 heteroatoms. The zero-order chi connectivity index (χ0) is 17.3. The van der Waals surface area contributed by atoms with Crippen LogP contribution in [0.25, 0.3) is 22.0 Å². The molecule has 24 heavy (non-hydrogen) atoms. The molecule has 2 aromatic carbocycles. The summed E-state index contributed by atoms with van der Waals surface area (Å²) in [5.74, 6) is -1.97. The van der Waals surface area contributed by atoms with Crippen LogP contribution < -0.4 is 5.32 Å². The third-order valence-corrected chi connectivity index (χ3v) is 3.88. The van der Waals surface area contributed by atoms with Crippen molar-refractivity contribution in [3.05, 3.63) is 59.2 Å². The molecule has 2 N–H and O–H groups in total. The van der Waals surface area contributed by atoms with Crippen molar-refractivity contribution in [2.24, 2.45) is 0 Å². The highest BCUT2D eigenvalue weighted by atomic mass is 35.5. The minimum Gasteiger partial charge on any atom is -0.361 e. The smallest absolute Gasteiger partial charge is 0.361 e. The van der Waals surface area contributed by atoms with E-state index in [-0.39, 0.29) is 6.54 Å². The van der Waals surface area contributed by atoms with E-state index in [9.17, 15) is 18.0 Å². The van der Waals surface area contributed by atoms with Gasteiger partial charge in [0.25, 0.3) is 0 Å². The first-order valence-electron chi connectivity index (χ1n) is 7.06. The van der Waals surface area contributed by atoms with Gasteiger partial charge in [-0.25, -0.2) is 0 Å². The number of hydrogen-bond acceptors (Lipinski definition) is 1. The van der Waals surface area contributed by atoms with Gasteiger partial charge >= 0.3 is 12.1 Å². The van der Waals surface area contributed by atoms with E-state index in [2.05, 4.69) is 4.98 Å². The summed E-state index contributed by atoms with van der Waals surface area (Å²) in [6, 6.07) is 12.4. The maximum atomic E-state index is 12.4. The number of nitrogens with one attached hydrogen (secondary N) is 2. The average Bonchev–Trinajstić information content (AvgIpc) is 2.96. The van der Waals surface area contributed by atoms with Crippen LogP contribution in [-0.2, 0) is 11.3 Å². The van der Waals surface area contributed by atoms with E-state index in [1.165, 1.54) is 0 Å². The molecule has 0 radical (unpaired) electrons. The molecule has 3 nitrogen and oxygen atoms in total. The van der Waals surface area contributed by atoms with Gasteiger partial charge in [-0.3, -0.25) is 4.79 Å². The second-order valence-electron chi connectivity index (χ2n) is 5.23. The van der Waals surface area contributed by atoms with Crippen molar-refractivity contribution in [3.8, 4) is 11.1 Å².